The molecule has 0 aliphatic rings. The molecule has 0 bridgehead atoms. The first-order valence-corrected chi connectivity index (χ1v) is 3.57. The minimum Gasteiger partial charge on any atom is 0 e. The molecule has 0 amide bonds. The number of rotatable bonds is 0. The molecule has 0 unspecified atom stereocenters. The summed E-state index contributed by atoms with van der Waals surface area (Å²) in [5, 5.41) is 0. The van der Waals surface area contributed by atoms with E-state index in [9.17, 15) is 0 Å². The van der Waals surface area contributed by atoms with E-state index in [-0.39, 0.29) is 86.5 Å². The smallest absolute Gasteiger partial charge is 0 e. The summed E-state index contributed by atoms with van der Waals surface area (Å²) in [7, 11) is 0. The molecule has 0 heterocycles. The molecule has 68 valence electrons. The molecule has 0 saturated heterocycles. The van der Waals surface area contributed by atoms with Crippen LogP contribution < -0.4 is 0 Å². The second kappa shape index (κ2) is 55.8. The van der Waals surface area contributed by atoms with Crippen molar-refractivity contribution in [3.8, 4) is 0 Å². The van der Waals surface area contributed by atoms with Crippen LogP contribution in [0.4, 0.5) is 0 Å². The Balaban J connectivity index is -0.00000000214. The average Bonchev–Trinajstić information content (AvgIpc) is 0.811. The first kappa shape index (κ1) is 71.5. The first-order chi connectivity index (χ1) is 1.73. The normalized spacial score (nSPS) is 3.18. The van der Waals surface area contributed by atoms with Crippen molar-refractivity contribution in [2.24, 2.45) is 0 Å². The minimum atomic E-state index is -3.61. The van der Waals surface area contributed by atoms with Crippen molar-refractivity contribution < 1.29 is 37.4 Å². The van der Waals surface area contributed by atoms with Crippen LogP contribution in [0.2, 0.25) is 0 Å². The fourth-order valence-corrected chi connectivity index (χ4v) is 0. The van der Waals surface area contributed by atoms with Crippen LogP contribution in [0.25, 0.3) is 0 Å². The van der Waals surface area contributed by atoms with Gasteiger partial charge in [-0.05, 0) is 0 Å². The Bertz CT molecular complexity index is 35.1. The van der Waals surface area contributed by atoms with E-state index in [0.29, 0.717) is 0 Å². The van der Waals surface area contributed by atoms with Crippen molar-refractivity contribution >= 4 is 79.5 Å². The van der Waals surface area contributed by atoms with Crippen LogP contribution in [0.1, 0.15) is 0 Å². The maximum Gasteiger partial charge on any atom is 0 e. The quantitative estimate of drug-likeness (QED) is 0.417. The molecule has 0 aliphatic heterocycles. The zero-order valence-electron chi connectivity index (χ0n) is 6.21. The average molecular weight is 314 g/mol. The molecule has 0 fully saturated rings. The predicted octanol–water partition coefficient (Wildman–Crippen LogP) is -6.50. The summed E-state index contributed by atoms with van der Waals surface area (Å²) in [4.78, 5) is 0. The summed E-state index contributed by atoms with van der Waals surface area (Å²) < 4.78 is 23.3. The largest absolute Gasteiger partial charge is 0 e. The van der Waals surface area contributed by atoms with Crippen LogP contribution in [-0.4, -0.2) is 114 Å². The van der Waals surface area contributed by atoms with Crippen LogP contribution in [0.5, 0.6) is 0 Å². The van der Waals surface area contributed by atoms with Crippen LogP contribution in [-0.2, 0) is 3.10 Å². The molecule has 12 N–H and O–H groups in total. The van der Waals surface area contributed by atoms with Gasteiger partial charge in [-0.15, -0.1) is 0 Å². The minimum absolute atomic E-state index is 0. The van der Waals surface area contributed by atoms with E-state index >= 15 is 0 Å². The Kier molecular flexibility index (Phi) is 363. The Morgan fingerprint density at radius 1 is 0.727 bits per heavy atom. The molecule has 0 rings (SSSR count). The van der Waals surface area contributed by atoms with Crippen molar-refractivity contribution in [2.45, 2.75) is 0 Å². The third-order valence-corrected chi connectivity index (χ3v) is 0. The zero-order chi connectivity index (χ0) is 3.58. The van der Waals surface area contributed by atoms with E-state index in [0.717, 1.165) is 0 Å². The zero-order valence-corrected chi connectivity index (χ0v) is 12.5. The number of hydrogen-bond donors (Lipinski definition) is 2. The van der Waals surface area contributed by atoms with Crippen LogP contribution in [0.15, 0.2) is 0 Å². The molecule has 0 aromatic heterocycles. The van der Waals surface area contributed by atoms with Gasteiger partial charge in [0.25, 0.3) is 0 Å². The summed E-state index contributed by atoms with van der Waals surface area (Å²) in [5.41, 5.74) is 0. The molecule has 0 aliphatic carbocycles. The second-order valence-electron chi connectivity index (χ2n) is 0.231. The van der Waals surface area contributed by atoms with E-state index < -0.39 is 20.4 Å². The molecule has 0 atom stereocenters. The van der Waals surface area contributed by atoms with E-state index in [1.807, 2.05) is 0 Å². The van der Waals surface area contributed by atoms with Gasteiger partial charge in [0.05, 0.1) is 0 Å². The third kappa shape index (κ3) is 245. The molecule has 2 radical (unpaired) electrons. The first-order valence-electron chi connectivity index (χ1n) is 0.532. The fourth-order valence-electron chi connectivity index (χ4n) is 0. The Morgan fingerprint density at radius 3 is 0.727 bits per heavy atom. The van der Waals surface area contributed by atoms with Gasteiger partial charge >= 0.3 is 30.4 Å². The van der Waals surface area contributed by atoms with Crippen molar-refractivity contribution in [2.75, 3.05) is 0 Å². The molecule has 0 spiro atoms. The maximum atomic E-state index is 8.81. The van der Waals surface area contributed by atoms with Gasteiger partial charge in [0.2, 0.25) is 0 Å². The molecule has 11 heavy (non-hydrogen) atoms. The van der Waals surface area contributed by atoms with Gasteiger partial charge in [-0.3, -0.25) is 0 Å². The van der Waals surface area contributed by atoms with E-state index in [1.165, 1.54) is 0 Å². The summed E-state index contributed by atoms with van der Waals surface area (Å²) in [6.07, 6.45) is 0. The van der Waals surface area contributed by atoms with E-state index in [1.54, 1.807) is 0 Å². The van der Waals surface area contributed by atoms with Crippen molar-refractivity contribution in [3.05, 3.63) is 0 Å². The molecular formula is H12Na2O8Te. The third-order valence-electron chi connectivity index (χ3n) is 0. The van der Waals surface area contributed by atoms with Gasteiger partial charge in [0.1, 0.15) is 0 Å². The SMILES string of the molecule is O.O.O.O.O.O=[Te](O)O.[Na].[Na]. The molecular weight excluding hydrogens is 302 g/mol. The van der Waals surface area contributed by atoms with Gasteiger partial charge in [-0.25, -0.2) is 0 Å². The van der Waals surface area contributed by atoms with E-state index in [2.05, 4.69) is 0 Å². The van der Waals surface area contributed by atoms with Gasteiger partial charge in [-0.2, -0.15) is 0 Å². The topological polar surface area (TPSA) is 215 Å². The van der Waals surface area contributed by atoms with Crippen molar-refractivity contribution in [1.29, 1.82) is 0 Å². The Hall–Kier alpha value is 2.31. The molecule has 11 heteroatoms. The molecule has 0 saturated carbocycles. The van der Waals surface area contributed by atoms with Crippen LogP contribution in [0.3, 0.4) is 0 Å². The summed E-state index contributed by atoms with van der Waals surface area (Å²) in [6.45, 7) is 0. The van der Waals surface area contributed by atoms with Gasteiger partial charge in [-0.1, -0.05) is 0 Å². The predicted molar refractivity (Wildman–Crippen MR) is 40.5 cm³/mol. The van der Waals surface area contributed by atoms with Crippen molar-refractivity contribution in [1.82, 2.24) is 0 Å². The van der Waals surface area contributed by atoms with E-state index in [4.69, 9.17) is 10.0 Å². The van der Waals surface area contributed by atoms with Gasteiger partial charge in [0.15, 0.2) is 0 Å². The monoisotopic (exact) mass is 316 g/mol. The molecule has 0 aromatic carbocycles. The van der Waals surface area contributed by atoms with Gasteiger partial charge < -0.3 is 27.4 Å². The Labute approximate surface area is 115 Å². The second-order valence-corrected chi connectivity index (χ2v) is 1.55. The standard InChI is InChI=1S/2Na.H2O3Te.5H2O/c;;1-4(2)3;;;;;/h;;(H2,1,2,3);5*1H2. The fraction of sp³-hybridized carbons (Fsp3) is 0. The molecule has 8 nitrogen and oxygen atoms in total. The summed E-state index contributed by atoms with van der Waals surface area (Å²) in [5.74, 6) is 0. The molecule has 0 aromatic rings. The van der Waals surface area contributed by atoms with Crippen LogP contribution in [0, 0.1) is 0 Å². The Morgan fingerprint density at radius 2 is 0.727 bits per heavy atom. The summed E-state index contributed by atoms with van der Waals surface area (Å²) in [6, 6.07) is 0. The summed E-state index contributed by atoms with van der Waals surface area (Å²) >= 11 is -3.61. The van der Waals surface area contributed by atoms with Gasteiger partial charge in [0, 0.05) is 59.1 Å². The maximum absolute atomic E-state index is 8.81. The number of hydrogen-bond acceptors (Lipinski definition) is 1. The van der Waals surface area contributed by atoms with Crippen molar-refractivity contribution in [3.63, 3.8) is 0 Å². The van der Waals surface area contributed by atoms with Crippen LogP contribution >= 0.6 is 0 Å².